The van der Waals surface area contributed by atoms with Crippen molar-refractivity contribution in [2.75, 3.05) is 5.32 Å². The molecule has 4 rings (SSSR count). The lowest BCUT2D eigenvalue weighted by molar-refractivity contribution is -0.121. The number of fused-ring (bicyclic) bond motifs is 2. The fourth-order valence-electron chi connectivity index (χ4n) is 3.20. The van der Waals surface area contributed by atoms with Crippen LogP contribution in [0.15, 0.2) is 53.6 Å². The Bertz CT molecular complexity index is 1180. The summed E-state index contributed by atoms with van der Waals surface area (Å²) in [6.45, 7) is 0. The van der Waals surface area contributed by atoms with E-state index in [0.29, 0.717) is 18.5 Å². The van der Waals surface area contributed by atoms with E-state index in [9.17, 15) is 18.0 Å². The summed E-state index contributed by atoms with van der Waals surface area (Å²) in [6, 6.07) is 12.0. The molecular formula is C19H18N4O4S. The van der Waals surface area contributed by atoms with Crippen LogP contribution in [-0.2, 0) is 32.5 Å². The number of sulfonamides is 1. The number of benzene rings is 2. The van der Waals surface area contributed by atoms with Gasteiger partial charge in [0.25, 0.3) is 10.0 Å². The second kappa shape index (κ2) is 7.10. The zero-order valence-corrected chi connectivity index (χ0v) is 15.6. The molecule has 0 saturated carbocycles. The van der Waals surface area contributed by atoms with Gasteiger partial charge in [-0.1, -0.05) is 18.2 Å². The summed E-state index contributed by atoms with van der Waals surface area (Å²) in [5, 5.41) is 3.62. The predicted molar refractivity (Wildman–Crippen MR) is 104 cm³/mol. The molecule has 8 nitrogen and oxygen atoms in total. The van der Waals surface area contributed by atoms with Crippen molar-refractivity contribution in [2.45, 2.75) is 24.2 Å². The van der Waals surface area contributed by atoms with Crippen LogP contribution in [0.5, 0.6) is 0 Å². The summed E-state index contributed by atoms with van der Waals surface area (Å²) < 4.78 is 25.0. The molecule has 1 aliphatic heterocycles. The molecule has 9 heteroatoms. The third-order valence-corrected chi connectivity index (χ3v) is 5.88. The first-order valence-electron chi connectivity index (χ1n) is 8.71. The van der Waals surface area contributed by atoms with E-state index in [4.69, 9.17) is 0 Å². The molecule has 144 valence electrons. The van der Waals surface area contributed by atoms with Gasteiger partial charge in [0, 0.05) is 29.2 Å². The molecule has 4 N–H and O–H groups in total. The molecule has 2 heterocycles. The Balaban J connectivity index is 1.43. The molecule has 28 heavy (non-hydrogen) atoms. The van der Waals surface area contributed by atoms with Gasteiger partial charge in [0.15, 0.2) is 0 Å². The van der Waals surface area contributed by atoms with E-state index in [1.165, 1.54) is 12.1 Å². The van der Waals surface area contributed by atoms with Crippen LogP contribution in [0.25, 0.3) is 10.9 Å². The molecule has 0 saturated heterocycles. The highest BCUT2D eigenvalue weighted by atomic mass is 32.2. The normalized spacial score (nSPS) is 13.8. The minimum atomic E-state index is -3.93. The summed E-state index contributed by atoms with van der Waals surface area (Å²) in [4.78, 5) is 28.8. The van der Waals surface area contributed by atoms with E-state index in [0.717, 1.165) is 22.0 Å². The summed E-state index contributed by atoms with van der Waals surface area (Å²) in [7, 11) is -3.93. The quantitative estimate of drug-likeness (QED) is 0.488. The Labute approximate surface area is 161 Å². The first-order chi connectivity index (χ1) is 13.4. The standard InChI is InChI=1S/C19H18N4O4S/c24-18-8-5-12-9-14(6-7-16(12)21-18)28(26,27)23-22-19(25)10-13-11-20-17-4-2-1-3-15(13)17/h1-4,6-7,9,11,20,23H,5,8,10H2,(H,21,24)(H,22,25). The monoisotopic (exact) mass is 398 g/mol. The molecule has 0 bridgehead atoms. The topological polar surface area (TPSA) is 120 Å². The number of rotatable bonds is 5. The zero-order chi connectivity index (χ0) is 19.7. The van der Waals surface area contributed by atoms with Crippen LogP contribution in [0.3, 0.4) is 0 Å². The third kappa shape index (κ3) is 3.62. The Morgan fingerprint density at radius 3 is 2.79 bits per heavy atom. The molecule has 0 fully saturated rings. The van der Waals surface area contributed by atoms with Crippen molar-refractivity contribution in [3.8, 4) is 0 Å². The van der Waals surface area contributed by atoms with Gasteiger partial charge in [-0.3, -0.25) is 15.0 Å². The highest BCUT2D eigenvalue weighted by Crippen LogP contribution is 2.25. The van der Waals surface area contributed by atoms with Gasteiger partial charge in [0.05, 0.1) is 11.3 Å². The molecular weight excluding hydrogens is 380 g/mol. The summed E-state index contributed by atoms with van der Waals surface area (Å²) in [5.41, 5.74) is 5.29. The molecule has 2 amide bonds. The smallest absolute Gasteiger partial charge is 0.257 e. The maximum atomic E-state index is 12.5. The zero-order valence-electron chi connectivity index (χ0n) is 14.8. The number of amides is 2. The van der Waals surface area contributed by atoms with E-state index in [1.54, 1.807) is 12.3 Å². The number of hydrogen-bond acceptors (Lipinski definition) is 4. The summed E-state index contributed by atoms with van der Waals surface area (Å²) >= 11 is 0. The number of carbonyl (C=O) groups excluding carboxylic acids is 2. The van der Waals surface area contributed by atoms with E-state index < -0.39 is 15.9 Å². The summed E-state index contributed by atoms with van der Waals surface area (Å²) in [6.07, 6.45) is 2.54. The molecule has 0 atom stereocenters. The van der Waals surface area contributed by atoms with Crippen LogP contribution < -0.4 is 15.6 Å². The van der Waals surface area contributed by atoms with Crippen LogP contribution in [0.1, 0.15) is 17.5 Å². The molecule has 1 aliphatic rings. The molecule has 3 aromatic rings. The Hall–Kier alpha value is -3.17. The lowest BCUT2D eigenvalue weighted by Crippen LogP contribution is -2.42. The maximum absolute atomic E-state index is 12.5. The van der Waals surface area contributed by atoms with Crippen molar-refractivity contribution in [1.29, 1.82) is 0 Å². The van der Waals surface area contributed by atoms with Gasteiger partial charge in [-0.2, -0.15) is 0 Å². The first-order valence-corrected chi connectivity index (χ1v) is 10.2. The molecule has 0 aliphatic carbocycles. The fraction of sp³-hybridized carbons (Fsp3) is 0.158. The van der Waals surface area contributed by atoms with Gasteiger partial charge in [-0.15, -0.1) is 4.83 Å². The van der Waals surface area contributed by atoms with Gasteiger partial charge in [0.2, 0.25) is 11.8 Å². The van der Waals surface area contributed by atoms with Crippen LogP contribution in [0, 0.1) is 0 Å². The molecule has 0 spiro atoms. The lowest BCUT2D eigenvalue weighted by Gasteiger charge is -2.17. The number of aromatic amines is 1. The van der Waals surface area contributed by atoms with E-state index in [1.807, 2.05) is 24.3 Å². The minimum absolute atomic E-state index is 0.0230. The number of anilines is 1. The van der Waals surface area contributed by atoms with Crippen molar-refractivity contribution in [2.24, 2.45) is 0 Å². The highest BCUT2D eigenvalue weighted by Gasteiger charge is 2.20. The van der Waals surface area contributed by atoms with E-state index in [-0.39, 0.29) is 17.2 Å². The van der Waals surface area contributed by atoms with Gasteiger partial charge in [-0.05, 0) is 41.8 Å². The predicted octanol–water partition coefficient (Wildman–Crippen LogP) is 1.60. The largest absolute Gasteiger partial charge is 0.361 e. The number of H-pyrrole nitrogens is 1. The van der Waals surface area contributed by atoms with Crippen LogP contribution in [-0.4, -0.2) is 25.2 Å². The third-order valence-electron chi connectivity index (χ3n) is 4.63. The SMILES string of the molecule is O=C(Cc1c[nH]c2ccccc12)NNS(=O)(=O)c1ccc2c(c1)CCC(=O)N2. The van der Waals surface area contributed by atoms with Gasteiger partial charge >= 0.3 is 0 Å². The fourth-order valence-corrected chi connectivity index (χ4v) is 4.12. The van der Waals surface area contributed by atoms with Crippen LogP contribution in [0.2, 0.25) is 0 Å². The molecule has 0 unspecified atom stereocenters. The average molecular weight is 398 g/mol. The second-order valence-electron chi connectivity index (χ2n) is 6.56. The number of carbonyl (C=O) groups is 2. The Morgan fingerprint density at radius 2 is 1.93 bits per heavy atom. The number of hydrazine groups is 1. The minimum Gasteiger partial charge on any atom is -0.361 e. The summed E-state index contributed by atoms with van der Waals surface area (Å²) in [5.74, 6) is -0.565. The first kappa shape index (κ1) is 18.2. The lowest BCUT2D eigenvalue weighted by atomic mass is 10.0. The number of aromatic nitrogens is 1. The average Bonchev–Trinajstić information content (AvgIpc) is 3.09. The van der Waals surface area contributed by atoms with Crippen molar-refractivity contribution < 1.29 is 18.0 Å². The van der Waals surface area contributed by atoms with Crippen molar-refractivity contribution in [3.63, 3.8) is 0 Å². The van der Waals surface area contributed by atoms with Gasteiger partial charge in [-0.25, -0.2) is 8.42 Å². The van der Waals surface area contributed by atoms with Crippen molar-refractivity contribution in [1.82, 2.24) is 15.2 Å². The highest BCUT2D eigenvalue weighted by molar-refractivity contribution is 7.89. The van der Waals surface area contributed by atoms with Crippen LogP contribution >= 0.6 is 0 Å². The number of aryl methyl sites for hydroxylation is 1. The van der Waals surface area contributed by atoms with E-state index >= 15 is 0 Å². The van der Waals surface area contributed by atoms with E-state index in [2.05, 4.69) is 20.6 Å². The van der Waals surface area contributed by atoms with Gasteiger partial charge in [0.1, 0.15) is 0 Å². The van der Waals surface area contributed by atoms with Crippen molar-refractivity contribution in [3.05, 3.63) is 59.8 Å². The van der Waals surface area contributed by atoms with Gasteiger partial charge < -0.3 is 10.3 Å². The Kier molecular flexibility index (Phi) is 4.62. The number of para-hydroxylation sites is 1. The molecule has 1 aromatic heterocycles. The number of hydrogen-bond donors (Lipinski definition) is 4. The second-order valence-corrected chi connectivity index (χ2v) is 8.24. The number of nitrogens with one attached hydrogen (secondary N) is 4. The Morgan fingerprint density at radius 1 is 1.11 bits per heavy atom. The maximum Gasteiger partial charge on any atom is 0.257 e. The van der Waals surface area contributed by atoms with Crippen LogP contribution in [0.4, 0.5) is 5.69 Å². The van der Waals surface area contributed by atoms with Crippen molar-refractivity contribution >= 4 is 38.4 Å². The molecule has 2 aromatic carbocycles. The molecule has 0 radical (unpaired) electrons.